The van der Waals surface area contributed by atoms with E-state index >= 15 is 0 Å². The van der Waals surface area contributed by atoms with E-state index < -0.39 is 11.8 Å². The lowest BCUT2D eigenvalue weighted by Crippen LogP contribution is -2.29. The first kappa shape index (κ1) is 9.54. The van der Waals surface area contributed by atoms with E-state index in [9.17, 15) is 9.59 Å². The highest BCUT2D eigenvalue weighted by molar-refractivity contribution is 6.45. The van der Waals surface area contributed by atoms with Gasteiger partial charge < -0.3 is 5.32 Å². The third-order valence-electron chi connectivity index (χ3n) is 1.32. The Morgan fingerprint density at radius 3 is 2.23 bits per heavy atom. The van der Waals surface area contributed by atoms with Gasteiger partial charge in [-0.3, -0.25) is 14.4 Å². The van der Waals surface area contributed by atoms with Crippen molar-refractivity contribution in [2.24, 2.45) is 0 Å². The van der Waals surface area contributed by atoms with E-state index in [0.717, 1.165) is 0 Å². The highest BCUT2D eigenvalue weighted by Crippen LogP contribution is 2.04. The van der Waals surface area contributed by atoms with E-state index in [4.69, 9.17) is 11.8 Å². The average Bonchev–Trinajstić information content (AvgIpc) is 2.18. The van der Waals surface area contributed by atoms with Gasteiger partial charge in [-0.15, -0.1) is 0 Å². The molecule has 0 aromatic heterocycles. The highest BCUT2D eigenvalue weighted by Gasteiger charge is 2.11. The molecule has 2 amide bonds. The summed E-state index contributed by atoms with van der Waals surface area (Å²) in [6, 6.07) is 8.62. The van der Waals surface area contributed by atoms with Gasteiger partial charge in [0.2, 0.25) is 0 Å². The molecule has 2 N–H and O–H groups in total. The molecule has 0 atom stereocenters. The van der Waals surface area contributed by atoms with Gasteiger partial charge in [0.05, 0.1) is 0 Å². The molecule has 0 spiro atoms. The first-order chi connectivity index (χ1) is 6.24. The van der Waals surface area contributed by atoms with Crippen LogP contribution in [0.15, 0.2) is 30.3 Å². The van der Waals surface area contributed by atoms with Gasteiger partial charge in [-0.2, -0.15) is 0 Å². The number of rotatable bonds is 1. The van der Waals surface area contributed by atoms with Crippen molar-refractivity contribution < 1.29 is 9.59 Å². The van der Waals surface area contributed by atoms with Gasteiger partial charge in [-0.05, 0) is 12.1 Å². The summed E-state index contributed by atoms with van der Waals surface area (Å²) in [7, 11) is 0. The molecule has 0 saturated heterocycles. The minimum absolute atomic E-state index is 0.549. The van der Waals surface area contributed by atoms with Gasteiger partial charge in [0, 0.05) is 17.5 Å². The molecule has 68 valence electrons. The number of nitrogens with one attached hydrogen (secondary N) is 2. The van der Waals surface area contributed by atoms with Crippen molar-refractivity contribution in [3.8, 4) is 0 Å². The minimum atomic E-state index is -0.884. The van der Waals surface area contributed by atoms with Crippen molar-refractivity contribution in [1.29, 1.82) is 0 Å². The van der Waals surface area contributed by atoms with Gasteiger partial charge in [0.25, 0.3) is 0 Å². The van der Waals surface area contributed by atoms with E-state index in [1.54, 1.807) is 35.2 Å². The molecule has 0 heterocycles. The third-order valence-corrected chi connectivity index (χ3v) is 1.50. The van der Waals surface area contributed by atoms with Crippen molar-refractivity contribution in [1.82, 2.24) is 4.84 Å². The second-order valence-corrected chi connectivity index (χ2v) is 2.43. The number of anilines is 1. The van der Waals surface area contributed by atoms with Crippen molar-refractivity contribution >= 4 is 29.3 Å². The smallest absolute Gasteiger partial charge is 0.318 e. The summed E-state index contributed by atoms with van der Waals surface area (Å²) in [5, 5.41) is 2.36. The molecule has 0 radical (unpaired) electrons. The van der Waals surface area contributed by atoms with Crippen molar-refractivity contribution in [2.75, 3.05) is 5.32 Å². The summed E-state index contributed by atoms with van der Waals surface area (Å²) in [5.74, 6) is -1.67. The lowest BCUT2D eigenvalue weighted by atomic mass is 10.3. The van der Waals surface area contributed by atoms with Crippen molar-refractivity contribution in [2.45, 2.75) is 0 Å². The molecular weight excluding hydrogens is 192 g/mol. The third kappa shape index (κ3) is 2.76. The maximum Gasteiger partial charge on any atom is 0.323 e. The van der Waals surface area contributed by atoms with Gasteiger partial charge >= 0.3 is 11.8 Å². The molecule has 1 aromatic carbocycles. The summed E-state index contributed by atoms with van der Waals surface area (Å²) < 4.78 is 0. The maximum absolute atomic E-state index is 10.9. The maximum atomic E-state index is 10.9. The Labute approximate surface area is 80.0 Å². The predicted molar refractivity (Wildman–Crippen MR) is 49.1 cm³/mol. The number of para-hydroxylation sites is 1. The number of benzene rings is 1. The zero-order chi connectivity index (χ0) is 9.68. The number of carbonyl (C=O) groups excluding carboxylic acids is 2. The second-order valence-electron chi connectivity index (χ2n) is 2.24. The first-order valence-electron chi connectivity index (χ1n) is 3.51. The number of halogens is 1. The normalized spacial score (nSPS) is 9.00. The lowest BCUT2D eigenvalue weighted by molar-refractivity contribution is -0.135. The Morgan fingerprint density at radius 1 is 1.08 bits per heavy atom. The van der Waals surface area contributed by atoms with Crippen LogP contribution >= 0.6 is 11.8 Å². The Kier molecular flexibility index (Phi) is 3.28. The number of hydrogen-bond donors (Lipinski definition) is 2. The molecule has 0 aliphatic rings. The summed E-state index contributed by atoms with van der Waals surface area (Å²) >= 11 is 4.95. The van der Waals surface area contributed by atoms with Crippen LogP contribution in [0.25, 0.3) is 0 Å². The molecular formula is C8H7ClN2O2. The molecule has 0 bridgehead atoms. The number of hydrogen-bond acceptors (Lipinski definition) is 2. The van der Waals surface area contributed by atoms with Crippen LogP contribution in [-0.2, 0) is 9.59 Å². The van der Waals surface area contributed by atoms with Crippen molar-refractivity contribution in [3.05, 3.63) is 30.3 Å². The molecule has 1 aromatic rings. The van der Waals surface area contributed by atoms with Crippen LogP contribution in [0.2, 0.25) is 0 Å². The molecule has 13 heavy (non-hydrogen) atoms. The Bertz CT molecular complexity index is 313. The molecule has 0 aliphatic heterocycles. The fourth-order valence-corrected chi connectivity index (χ4v) is 0.838. The molecule has 0 saturated carbocycles. The Hall–Kier alpha value is -1.55. The molecule has 0 aliphatic carbocycles. The topological polar surface area (TPSA) is 58.2 Å². The van der Waals surface area contributed by atoms with Gasteiger partial charge in [0.15, 0.2) is 0 Å². The zero-order valence-corrected chi connectivity index (χ0v) is 7.34. The summed E-state index contributed by atoms with van der Waals surface area (Å²) in [6.07, 6.45) is 0. The van der Waals surface area contributed by atoms with E-state index in [2.05, 4.69) is 5.32 Å². The van der Waals surface area contributed by atoms with Gasteiger partial charge in [-0.1, -0.05) is 18.2 Å². The van der Waals surface area contributed by atoms with Crippen LogP contribution in [0.4, 0.5) is 5.69 Å². The second kappa shape index (κ2) is 4.47. The highest BCUT2D eigenvalue weighted by atomic mass is 35.5. The van der Waals surface area contributed by atoms with E-state index in [-0.39, 0.29) is 0 Å². The fraction of sp³-hybridized carbons (Fsp3) is 0. The Morgan fingerprint density at radius 2 is 1.69 bits per heavy atom. The first-order valence-corrected chi connectivity index (χ1v) is 3.89. The van der Waals surface area contributed by atoms with Gasteiger partial charge in [0.1, 0.15) is 0 Å². The van der Waals surface area contributed by atoms with E-state index in [1.807, 2.05) is 0 Å². The number of amides is 2. The van der Waals surface area contributed by atoms with Gasteiger partial charge in [-0.25, -0.2) is 0 Å². The quantitative estimate of drug-likeness (QED) is 0.520. The van der Waals surface area contributed by atoms with Crippen LogP contribution in [0.1, 0.15) is 0 Å². The molecule has 1 rings (SSSR count). The van der Waals surface area contributed by atoms with Crippen LogP contribution in [0.3, 0.4) is 0 Å². The predicted octanol–water partition coefficient (Wildman–Crippen LogP) is 0.895. The molecule has 4 nitrogen and oxygen atoms in total. The number of carbonyl (C=O) groups is 2. The summed E-state index contributed by atoms with van der Waals surface area (Å²) in [4.78, 5) is 23.3. The van der Waals surface area contributed by atoms with E-state index in [1.165, 1.54) is 0 Å². The molecule has 0 unspecified atom stereocenters. The van der Waals surface area contributed by atoms with Crippen LogP contribution in [-0.4, -0.2) is 11.8 Å². The molecule has 5 heteroatoms. The lowest BCUT2D eigenvalue weighted by Gasteiger charge is -2.01. The van der Waals surface area contributed by atoms with E-state index in [0.29, 0.717) is 5.69 Å². The zero-order valence-electron chi connectivity index (χ0n) is 6.58. The monoisotopic (exact) mass is 198 g/mol. The molecule has 0 fully saturated rings. The fourth-order valence-electron chi connectivity index (χ4n) is 0.752. The largest absolute Gasteiger partial charge is 0.323 e. The summed E-state index contributed by atoms with van der Waals surface area (Å²) in [6.45, 7) is 0. The summed E-state index contributed by atoms with van der Waals surface area (Å²) in [5.41, 5.74) is 0.549. The van der Waals surface area contributed by atoms with Crippen LogP contribution in [0.5, 0.6) is 0 Å². The standard InChI is InChI=1S/C8H7ClN2O2/c9-11-8(13)7(12)10-6-4-2-1-3-5-6/h1-5H,(H,10,12)(H,11,13). The minimum Gasteiger partial charge on any atom is -0.318 e. The Balaban J connectivity index is 2.60. The van der Waals surface area contributed by atoms with Crippen LogP contribution in [0, 0.1) is 0 Å². The SMILES string of the molecule is O=C(NCl)C(=O)Nc1ccccc1. The van der Waals surface area contributed by atoms with Crippen molar-refractivity contribution in [3.63, 3.8) is 0 Å². The average molecular weight is 199 g/mol. The van der Waals surface area contributed by atoms with Crippen LogP contribution < -0.4 is 10.2 Å².